The molecule has 0 radical (unpaired) electrons. The van der Waals surface area contributed by atoms with Gasteiger partial charge in [0.1, 0.15) is 0 Å². The van der Waals surface area contributed by atoms with E-state index in [1.807, 2.05) is 12.1 Å². The third kappa shape index (κ3) is 3.33. The van der Waals surface area contributed by atoms with Gasteiger partial charge in [0.15, 0.2) is 11.5 Å². The number of ether oxygens (including phenoxy) is 1. The fourth-order valence-corrected chi connectivity index (χ4v) is 3.89. The largest absolute Gasteiger partial charge is 0.504 e. The molecule has 1 aromatic rings. The zero-order chi connectivity index (χ0) is 13.1. The van der Waals surface area contributed by atoms with Crippen LogP contribution in [0.5, 0.6) is 11.5 Å². The normalized spacial score (nSPS) is 25.1. The molecule has 18 heavy (non-hydrogen) atoms. The lowest BCUT2D eigenvalue weighted by Gasteiger charge is -2.34. The highest BCUT2D eigenvalue weighted by Gasteiger charge is 2.22. The molecule has 0 aliphatic carbocycles. The SMILES string of the molecule is COc1ccc(CN2C[C@H](C)S[C@@H](C)C2)cc1O. The molecule has 1 aliphatic heterocycles. The first kappa shape index (κ1) is 13.6. The van der Waals surface area contributed by atoms with Gasteiger partial charge in [-0.25, -0.2) is 0 Å². The van der Waals surface area contributed by atoms with Crippen LogP contribution in [0, 0.1) is 0 Å². The van der Waals surface area contributed by atoms with Gasteiger partial charge in [0.2, 0.25) is 0 Å². The van der Waals surface area contributed by atoms with Crippen LogP contribution >= 0.6 is 11.8 Å². The fourth-order valence-electron chi connectivity index (χ4n) is 2.51. The highest BCUT2D eigenvalue weighted by molar-refractivity contribution is 8.00. The minimum absolute atomic E-state index is 0.225. The minimum atomic E-state index is 0.225. The lowest BCUT2D eigenvalue weighted by Crippen LogP contribution is -2.39. The number of rotatable bonds is 3. The summed E-state index contributed by atoms with van der Waals surface area (Å²) in [6.07, 6.45) is 0. The van der Waals surface area contributed by atoms with E-state index in [1.165, 1.54) is 0 Å². The molecule has 2 atom stereocenters. The summed E-state index contributed by atoms with van der Waals surface area (Å²) in [7, 11) is 1.57. The molecule has 1 fully saturated rings. The van der Waals surface area contributed by atoms with Gasteiger partial charge < -0.3 is 9.84 Å². The van der Waals surface area contributed by atoms with Gasteiger partial charge in [-0.3, -0.25) is 4.90 Å². The van der Waals surface area contributed by atoms with Crippen molar-refractivity contribution in [2.75, 3.05) is 20.2 Å². The van der Waals surface area contributed by atoms with Crippen LogP contribution < -0.4 is 4.74 Å². The molecule has 0 aromatic heterocycles. The van der Waals surface area contributed by atoms with Crippen molar-refractivity contribution >= 4 is 11.8 Å². The van der Waals surface area contributed by atoms with Gasteiger partial charge >= 0.3 is 0 Å². The van der Waals surface area contributed by atoms with Crippen LogP contribution in [0.4, 0.5) is 0 Å². The Hall–Kier alpha value is -0.870. The molecule has 1 N–H and O–H groups in total. The molecule has 0 amide bonds. The maximum Gasteiger partial charge on any atom is 0.160 e. The Morgan fingerprint density at radius 1 is 1.33 bits per heavy atom. The van der Waals surface area contributed by atoms with Crippen molar-refractivity contribution in [3.05, 3.63) is 23.8 Å². The molecular formula is C14H21NO2S. The predicted octanol–water partition coefficient (Wildman–Crippen LogP) is 2.73. The molecule has 0 bridgehead atoms. The lowest BCUT2D eigenvalue weighted by molar-refractivity contribution is 0.262. The molecule has 3 nitrogen and oxygen atoms in total. The van der Waals surface area contributed by atoms with E-state index in [0.29, 0.717) is 16.2 Å². The third-order valence-corrected chi connectivity index (χ3v) is 4.37. The van der Waals surface area contributed by atoms with Crippen LogP contribution in [0.3, 0.4) is 0 Å². The first-order valence-electron chi connectivity index (χ1n) is 6.32. The van der Waals surface area contributed by atoms with Crippen LogP contribution in [0.2, 0.25) is 0 Å². The zero-order valence-electron chi connectivity index (χ0n) is 11.2. The highest BCUT2D eigenvalue weighted by Crippen LogP contribution is 2.29. The average molecular weight is 267 g/mol. The quantitative estimate of drug-likeness (QED) is 0.913. The Morgan fingerprint density at radius 2 is 2.00 bits per heavy atom. The second kappa shape index (κ2) is 5.85. The molecule has 1 aromatic carbocycles. The summed E-state index contributed by atoms with van der Waals surface area (Å²) < 4.78 is 5.06. The van der Waals surface area contributed by atoms with Gasteiger partial charge in [-0.05, 0) is 17.7 Å². The summed E-state index contributed by atoms with van der Waals surface area (Å²) in [5.41, 5.74) is 1.14. The summed E-state index contributed by atoms with van der Waals surface area (Å²) in [5, 5.41) is 11.1. The number of thioether (sulfide) groups is 1. The zero-order valence-corrected chi connectivity index (χ0v) is 12.0. The van der Waals surface area contributed by atoms with Gasteiger partial charge in [0, 0.05) is 30.1 Å². The van der Waals surface area contributed by atoms with Crippen LogP contribution in [-0.4, -0.2) is 40.7 Å². The summed E-state index contributed by atoms with van der Waals surface area (Å²) in [6.45, 7) is 7.67. The van der Waals surface area contributed by atoms with Gasteiger partial charge in [-0.2, -0.15) is 11.8 Å². The number of phenols is 1. The Balaban J connectivity index is 2.02. The highest BCUT2D eigenvalue weighted by atomic mass is 32.2. The number of hydrogen-bond donors (Lipinski definition) is 1. The number of methoxy groups -OCH3 is 1. The third-order valence-electron chi connectivity index (χ3n) is 3.14. The maximum atomic E-state index is 9.78. The molecule has 2 rings (SSSR count). The molecule has 1 saturated heterocycles. The van der Waals surface area contributed by atoms with Crippen LogP contribution in [0.1, 0.15) is 19.4 Å². The van der Waals surface area contributed by atoms with E-state index >= 15 is 0 Å². The number of benzene rings is 1. The summed E-state index contributed by atoms with van der Waals surface area (Å²) in [5.74, 6) is 0.761. The number of aromatic hydroxyl groups is 1. The first-order valence-corrected chi connectivity index (χ1v) is 7.26. The molecular weight excluding hydrogens is 246 g/mol. The van der Waals surface area contributed by atoms with E-state index in [-0.39, 0.29) is 5.75 Å². The van der Waals surface area contributed by atoms with Crippen LogP contribution in [0.15, 0.2) is 18.2 Å². The van der Waals surface area contributed by atoms with E-state index in [1.54, 1.807) is 13.2 Å². The van der Waals surface area contributed by atoms with E-state index in [0.717, 1.165) is 25.2 Å². The Bertz CT molecular complexity index is 401. The van der Waals surface area contributed by atoms with Gasteiger partial charge in [-0.15, -0.1) is 0 Å². The molecule has 0 unspecified atom stereocenters. The van der Waals surface area contributed by atoms with Crippen molar-refractivity contribution in [2.24, 2.45) is 0 Å². The van der Waals surface area contributed by atoms with Gasteiger partial charge in [-0.1, -0.05) is 19.9 Å². The van der Waals surface area contributed by atoms with E-state index in [2.05, 4.69) is 30.5 Å². The summed E-state index contributed by atoms with van der Waals surface area (Å²) >= 11 is 2.05. The topological polar surface area (TPSA) is 32.7 Å². The maximum absolute atomic E-state index is 9.78. The first-order chi connectivity index (χ1) is 8.58. The smallest absolute Gasteiger partial charge is 0.160 e. The molecule has 0 saturated carbocycles. The molecule has 1 heterocycles. The lowest BCUT2D eigenvalue weighted by atomic mass is 10.1. The van der Waals surface area contributed by atoms with Crippen molar-refractivity contribution in [2.45, 2.75) is 30.9 Å². The Morgan fingerprint density at radius 3 is 2.56 bits per heavy atom. The van der Waals surface area contributed by atoms with Gasteiger partial charge in [0.25, 0.3) is 0 Å². The minimum Gasteiger partial charge on any atom is -0.504 e. The van der Waals surface area contributed by atoms with Crippen molar-refractivity contribution in [3.63, 3.8) is 0 Å². The fraction of sp³-hybridized carbons (Fsp3) is 0.571. The van der Waals surface area contributed by atoms with E-state index in [4.69, 9.17) is 4.74 Å². The molecule has 0 spiro atoms. The Labute approximate surface area is 113 Å². The van der Waals surface area contributed by atoms with Crippen molar-refractivity contribution < 1.29 is 9.84 Å². The number of phenolic OH excluding ortho intramolecular Hbond substituents is 1. The van der Waals surface area contributed by atoms with E-state index < -0.39 is 0 Å². The predicted molar refractivity (Wildman–Crippen MR) is 76.5 cm³/mol. The molecule has 1 aliphatic rings. The second-order valence-electron chi connectivity index (χ2n) is 4.96. The molecule has 100 valence electrons. The van der Waals surface area contributed by atoms with Crippen molar-refractivity contribution in [1.82, 2.24) is 4.90 Å². The number of nitrogens with zero attached hydrogens (tertiary/aromatic N) is 1. The van der Waals surface area contributed by atoms with Crippen molar-refractivity contribution in [1.29, 1.82) is 0 Å². The van der Waals surface area contributed by atoms with E-state index in [9.17, 15) is 5.11 Å². The standard InChI is InChI=1S/C14H21NO2S/c1-10-7-15(8-11(2)18-10)9-12-4-5-14(17-3)13(16)6-12/h4-6,10-11,16H,7-9H2,1-3H3/t10-,11-/m0/s1. The monoisotopic (exact) mass is 267 g/mol. The average Bonchev–Trinajstić information content (AvgIpc) is 2.27. The molecule has 4 heteroatoms. The van der Waals surface area contributed by atoms with Crippen molar-refractivity contribution in [3.8, 4) is 11.5 Å². The van der Waals surface area contributed by atoms with Crippen LogP contribution in [-0.2, 0) is 6.54 Å². The van der Waals surface area contributed by atoms with Crippen LogP contribution in [0.25, 0.3) is 0 Å². The summed E-state index contributed by atoms with van der Waals surface area (Å²) in [6, 6.07) is 5.65. The number of hydrogen-bond acceptors (Lipinski definition) is 4. The van der Waals surface area contributed by atoms with Gasteiger partial charge in [0.05, 0.1) is 7.11 Å². The Kier molecular flexibility index (Phi) is 4.40. The summed E-state index contributed by atoms with van der Waals surface area (Å²) in [4.78, 5) is 2.45. The second-order valence-corrected chi connectivity index (χ2v) is 6.84.